The standard InChI is InChI=1S/C17H28N2O2S/c1-2-22-11-7-15(20)18-10-3-8-17(12-18)9-6-16(21)19(13-17)14-4-5-14/h14H,2-13H2,1H3. The molecule has 0 radical (unpaired) electrons. The number of likely N-dealkylation sites (tertiary alicyclic amines) is 2. The molecule has 0 N–H and O–H groups in total. The van der Waals surface area contributed by atoms with Gasteiger partial charge in [-0.2, -0.15) is 11.8 Å². The van der Waals surface area contributed by atoms with Crippen molar-refractivity contribution in [2.45, 2.75) is 57.9 Å². The van der Waals surface area contributed by atoms with Crippen molar-refractivity contribution in [3.8, 4) is 0 Å². The summed E-state index contributed by atoms with van der Waals surface area (Å²) in [6.45, 7) is 4.81. The summed E-state index contributed by atoms with van der Waals surface area (Å²) in [4.78, 5) is 28.8. The molecule has 3 aliphatic rings. The molecule has 1 atom stereocenters. The van der Waals surface area contributed by atoms with E-state index in [2.05, 4.69) is 16.7 Å². The Morgan fingerprint density at radius 3 is 2.86 bits per heavy atom. The highest BCUT2D eigenvalue weighted by Crippen LogP contribution is 2.42. The van der Waals surface area contributed by atoms with Crippen LogP contribution in [0.1, 0.15) is 51.9 Å². The van der Waals surface area contributed by atoms with Crippen molar-refractivity contribution in [1.29, 1.82) is 0 Å². The van der Waals surface area contributed by atoms with Gasteiger partial charge in [0.25, 0.3) is 0 Å². The molecule has 0 bridgehead atoms. The summed E-state index contributed by atoms with van der Waals surface area (Å²) in [6.07, 6.45) is 6.96. The lowest BCUT2D eigenvalue weighted by Gasteiger charge is -2.48. The van der Waals surface area contributed by atoms with E-state index in [9.17, 15) is 9.59 Å². The first kappa shape index (κ1) is 16.2. The van der Waals surface area contributed by atoms with Crippen LogP contribution in [0.4, 0.5) is 0 Å². The summed E-state index contributed by atoms with van der Waals surface area (Å²) >= 11 is 1.84. The highest BCUT2D eigenvalue weighted by molar-refractivity contribution is 7.99. The molecular formula is C17H28N2O2S. The predicted octanol–water partition coefficient (Wildman–Crippen LogP) is 2.52. The van der Waals surface area contributed by atoms with Crippen LogP contribution in [0.2, 0.25) is 0 Å². The predicted molar refractivity (Wildman–Crippen MR) is 89.8 cm³/mol. The molecule has 22 heavy (non-hydrogen) atoms. The summed E-state index contributed by atoms with van der Waals surface area (Å²) in [7, 11) is 0. The van der Waals surface area contributed by atoms with Gasteiger partial charge in [0.15, 0.2) is 0 Å². The van der Waals surface area contributed by atoms with Gasteiger partial charge in [0.2, 0.25) is 11.8 Å². The van der Waals surface area contributed by atoms with Crippen LogP contribution in [0.5, 0.6) is 0 Å². The Balaban J connectivity index is 1.59. The van der Waals surface area contributed by atoms with Crippen LogP contribution in [-0.4, -0.2) is 58.8 Å². The highest BCUT2D eigenvalue weighted by Gasteiger charge is 2.46. The second-order valence-corrected chi connectivity index (χ2v) is 8.51. The molecular weight excluding hydrogens is 296 g/mol. The van der Waals surface area contributed by atoms with Crippen LogP contribution < -0.4 is 0 Å². The summed E-state index contributed by atoms with van der Waals surface area (Å²) in [5, 5.41) is 0. The molecule has 1 unspecified atom stereocenters. The van der Waals surface area contributed by atoms with Crippen LogP contribution in [0.3, 0.4) is 0 Å². The van der Waals surface area contributed by atoms with E-state index in [0.717, 1.165) is 44.0 Å². The zero-order valence-electron chi connectivity index (χ0n) is 13.7. The molecule has 2 aliphatic heterocycles. The van der Waals surface area contributed by atoms with Gasteiger partial charge >= 0.3 is 0 Å². The van der Waals surface area contributed by atoms with Crippen LogP contribution in [-0.2, 0) is 9.59 Å². The van der Waals surface area contributed by atoms with Gasteiger partial charge in [0.1, 0.15) is 0 Å². The summed E-state index contributed by atoms with van der Waals surface area (Å²) < 4.78 is 0. The summed E-state index contributed by atoms with van der Waals surface area (Å²) in [5.41, 5.74) is 0.183. The molecule has 0 aromatic carbocycles. The molecule has 2 heterocycles. The van der Waals surface area contributed by atoms with Gasteiger partial charge in [0.05, 0.1) is 0 Å². The van der Waals surface area contributed by atoms with Crippen molar-refractivity contribution >= 4 is 23.6 Å². The largest absolute Gasteiger partial charge is 0.342 e. The number of piperidine rings is 2. The normalized spacial score (nSPS) is 29.2. The fourth-order valence-electron chi connectivity index (χ4n) is 3.98. The Labute approximate surface area is 138 Å². The molecule has 4 nitrogen and oxygen atoms in total. The first-order chi connectivity index (χ1) is 10.6. The van der Waals surface area contributed by atoms with Crippen LogP contribution in [0, 0.1) is 5.41 Å². The van der Waals surface area contributed by atoms with E-state index in [1.807, 2.05) is 11.8 Å². The smallest absolute Gasteiger partial charge is 0.223 e. The van der Waals surface area contributed by atoms with E-state index < -0.39 is 0 Å². The number of hydrogen-bond donors (Lipinski definition) is 0. The van der Waals surface area contributed by atoms with E-state index in [4.69, 9.17) is 0 Å². The van der Waals surface area contributed by atoms with Gasteiger partial charge in [-0.1, -0.05) is 6.92 Å². The third-order valence-electron chi connectivity index (χ3n) is 5.36. The second kappa shape index (κ2) is 6.81. The fraction of sp³-hybridized carbons (Fsp3) is 0.882. The third-order valence-corrected chi connectivity index (χ3v) is 6.26. The van der Waals surface area contributed by atoms with Crippen molar-refractivity contribution in [2.24, 2.45) is 5.41 Å². The summed E-state index contributed by atoms with van der Waals surface area (Å²) in [5.74, 6) is 2.67. The highest BCUT2D eigenvalue weighted by atomic mass is 32.2. The topological polar surface area (TPSA) is 40.6 Å². The number of amides is 2. The molecule has 3 fully saturated rings. The SMILES string of the molecule is CCSCCC(=O)N1CCCC2(CCC(=O)N(C3CC3)C2)C1. The van der Waals surface area contributed by atoms with Gasteiger partial charge in [-0.05, 0) is 37.9 Å². The van der Waals surface area contributed by atoms with Crippen molar-refractivity contribution in [2.75, 3.05) is 31.1 Å². The number of rotatable bonds is 5. The number of nitrogens with zero attached hydrogens (tertiary/aromatic N) is 2. The molecule has 5 heteroatoms. The van der Waals surface area contributed by atoms with Gasteiger partial charge < -0.3 is 9.80 Å². The molecule has 2 amide bonds. The lowest BCUT2D eigenvalue weighted by atomic mass is 9.73. The lowest BCUT2D eigenvalue weighted by molar-refractivity contribution is -0.143. The van der Waals surface area contributed by atoms with Crippen LogP contribution in [0.25, 0.3) is 0 Å². The molecule has 3 rings (SSSR count). The van der Waals surface area contributed by atoms with E-state index >= 15 is 0 Å². The molecule has 1 aliphatic carbocycles. The molecule has 1 saturated carbocycles. The van der Waals surface area contributed by atoms with Crippen molar-refractivity contribution in [3.05, 3.63) is 0 Å². The molecule has 0 aromatic rings. The monoisotopic (exact) mass is 324 g/mol. The second-order valence-electron chi connectivity index (χ2n) is 7.12. The van der Waals surface area contributed by atoms with Gasteiger partial charge in [-0.3, -0.25) is 9.59 Å². The minimum Gasteiger partial charge on any atom is -0.342 e. The minimum atomic E-state index is 0.183. The van der Waals surface area contributed by atoms with Crippen LogP contribution in [0.15, 0.2) is 0 Å². The Hall–Kier alpha value is -0.710. The molecule has 1 spiro atoms. The quantitative estimate of drug-likeness (QED) is 0.730. The number of carbonyl (C=O) groups is 2. The first-order valence-electron chi connectivity index (χ1n) is 8.78. The molecule has 124 valence electrons. The fourth-order valence-corrected chi connectivity index (χ4v) is 4.59. The van der Waals surface area contributed by atoms with E-state index in [-0.39, 0.29) is 5.41 Å². The van der Waals surface area contributed by atoms with Crippen molar-refractivity contribution < 1.29 is 9.59 Å². The van der Waals surface area contributed by atoms with Crippen molar-refractivity contribution in [3.63, 3.8) is 0 Å². The molecule has 0 aromatic heterocycles. The van der Waals surface area contributed by atoms with Crippen molar-refractivity contribution in [1.82, 2.24) is 9.80 Å². The minimum absolute atomic E-state index is 0.183. The maximum Gasteiger partial charge on any atom is 0.223 e. The van der Waals surface area contributed by atoms with Gasteiger partial charge in [-0.25, -0.2) is 0 Å². The zero-order chi connectivity index (χ0) is 15.6. The Kier molecular flexibility index (Phi) is 5.00. The lowest BCUT2D eigenvalue weighted by Crippen LogP contribution is -2.55. The average Bonchev–Trinajstić information content (AvgIpc) is 3.35. The Morgan fingerprint density at radius 2 is 2.14 bits per heavy atom. The zero-order valence-corrected chi connectivity index (χ0v) is 14.5. The Morgan fingerprint density at radius 1 is 1.32 bits per heavy atom. The Bertz CT molecular complexity index is 438. The average molecular weight is 324 g/mol. The first-order valence-corrected chi connectivity index (χ1v) is 9.94. The number of hydrogen-bond acceptors (Lipinski definition) is 3. The van der Waals surface area contributed by atoms with E-state index in [0.29, 0.717) is 30.7 Å². The summed E-state index contributed by atoms with van der Waals surface area (Å²) in [6, 6.07) is 0.511. The van der Waals surface area contributed by atoms with Gasteiger partial charge in [0, 0.05) is 49.7 Å². The number of thioether (sulfide) groups is 1. The maximum absolute atomic E-state index is 12.4. The van der Waals surface area contributed by atoms with E-state index in [1.165, 1.54) is 19.3 Å². The van der Waals surface area contributed by atoms with Crippen LogP contribution >= 0.6 is 11.8 Å². The van der Waals surface area contributed by atoms with E-state index in [1.54, 1.807) is 0 Å². The maximum atomic E-state index is 12.4. The number of carbonyl (C=O) groups excluding carboxylic acids is 2. The third kappa shape index (κ3) is 3.61. The molecule has 2 saturated heterocycles. The van der Waals surface area contributed by atoms with Gasteiger partial charge in [-0.15, -0.1) is 0 Å².